The second-order valence-electron chi connectivity index (χ2n) is 17.5. The number of non-ortho nitro benzene ring substituents is 1. The van der Waals surface area contributed by atoms with Crippen molar-refractivity contribution in [2.45, 2.75) is 62.4 Å². The molecule has 0 aliphatic carbocycles. The predicted octanol–water partition coefficient (Wildman–Crippen LogP) is 14.1. The first-order valence-corrected chi connectivity index (χ1v) is 21.9. The summed E-state index contributed by atoms with van der Waals surface area (Å²) < 4.78 is 343. The lowest BCUT2D eigenvalue weighted by atomic mass is 9.12. The molecular weight excluding hydrogens is 1140 g/mol. The molecule has 0 fully saturated rings. The van der Waals surface area contributed by atoms with Gasteiger partial charge in [-0.2, -0.15) is 132 Å². The molecule has 30 heteroatoms. The maximum atomic E-state index is 14.2. The largest absolute Gasteiger partial charge is 0.416 e. The fraction of sp³-hybridized carbons (Fsp3) is 0.200. The van der Waals surface area contributed by atoms with Crippen molar-refractivity contribution in [2.24, 2.45) is 0 Å². The zero-order chi connectivity index (χ0) is 60.0. The van der Waals surface area contributed by atoms with E-state index in [2.05, 4.69) is 21.7 Å². The number of hydrogen-bond donors (Lipinski definition) is 0. The molecule has 7 aromatic rings. The molecule has 0 bridgehead atoms. The van der Waals surface area contributed by atoms with Gasteiger partial charge in [-0.25, -0.2) is 0 Å². The lowest BCUT2D eigenvalue weighted by Gasteiger charge is -2.46. The van der Waals surface area contributed by atoms with Gasteiger partial charge >= 0.3 is 49.4 Å². The second kappa shape index (κ2) is 21.7. The minimum absolute atomic E-state index is 0.112. The SMILES string of the molecule is FC(F)(F)c1cc([B-](c2cc(C(F)(F)F)cc(C(F)(F)F)c2)(c2cc(C(F)(F)F)cc(C(F)(F)F)c2)c2cc(C(F)(F)F)cc(C(F)(F)F)c2)cc(C(F)(F)F)c1.O=[N+]([O-])c1cccc(Cc2cncc[n+]2Cc2ccccc2)c1. The molecule has 426 valence electrons. The summed E-state index contributed by atoms with van der Waals surface area (Å²) in [7, 11) is 0. The van der Waals surface area contributed by atoms with Gasteiger partial charge in [-0.15, -0.1) is 0 Å². The maximum Gasteiger partial charge on any atom is 0.416 e. The summed E-state index contributed by atoms with van der Waals surface area (Å²) in [5, 5.41) is 10.9. The molecule has 6 aromatic carbocycles. The van der Waals surface area contributed by atoms with E-state index in [-0.39, 0.29) is 10.6 Å². The van der Waals surface area contributed by atoms with Crippen LogP contribution in [0.4, 0.5) is 111 Å². The third-order valence-corrected chi connectivity index (χ3v) is 12.1. The van der Waals surface area contributed by atoms with Crippen LogP contribution in [-0.2, 0) is 62.4 Å². The van der Waals surface area contributed by atoms with E-state index in [1.54, 1.807) is 18.3 Å². The molecule has 0 N–H and O–H groups in total. The van der Waals surface area contributed by atoms with Gasteiger partial charge in [0.1, 0.15) is 6.15 Å². The van der Waals surface area contributed by atoms with Gasteiger partial charge in [0.05, 0.1) is 68.2 Å². The van der Waals surface area contributed by atoms with Crippen molar-refractivity contribution in [2.75, 3.05) is 0 Å². The van der Waals surface area contributed by atoms with Gasteiger partial charge < -0.3 is 0 Å². The maximum absolute atomic E-state index is 14.2. The Hall–Kier alpha value is -7.82. The van der Waals surface area contributed by atoms with Crippen LogP contribution in [0.1, 0.15) is 61.3 Å². The number of alkyl halides is 24. The van der Waals surface area contributed by atoms with Gasteiger partial charge in [-0.05, 0) is 29.8 Å². The minimum Gasteiger partial charge on any atom is -0.258 e. The van der Waals surface area contributed by atoms with Crippen molar-refractivity contribution < 1.29 is 115 Å². The van der Waals surface area contributed by atoms with E-state index in [1.165, 1.54) is 11.6 Å². The van der Waals surface area contributed by atoms with Gasteiger partial charge in [0.25, 0.3) is 5.69 Å². The Morgan fingerprint density at radius 3 is 0.988 bits per heavy atom. The first kappa shape index (κ1) is 61.4. The molecule has 5 nitrogen and oxygen atoms in total. The van der Waals surface area contributed by atoms with Crippen LogP contribution in [0.15, 0.2) is 146 Å². The van der Waals surface area contributed by atoms with E-state index in [1.807, 2.05) is 36.7 Å². The standard InChI is InChI=1S/C32H12BF24.C18H16N3O2/c34-25(35,36)13-1-14(26(37,38)39)6-21(5-13)33(22-7-15(27(40,41)42)2-16(8-22)28(43,44)45,23-9-17(29(46,47)48)3-18(10-23)30(49,50)51)24-11-19(31(52,53)54)4-20(12-24)32(55,56)57;22-21(23)17-8-4-7-16(11-17)12-18-13-19-9-10-20(18)14-15-5-2-1-3-6-15/h1-12H;1-11,13H,12,14H2/q-1;+1. The topological polar surface area (TPSA) is 59.9 Å². The summed E-state index contributed by atoms with van der Waals surface area (Å²) in [6, 6.07) is 8.08. The molecule has 0 saturated heterocycles. The normalized spacial score (nSPS) is 13.2. The van der Waals surface area contributed by atoms with Crippen molar-refractivity contribution in [3.8, 4) is 0 Å². The summed E-state index contributed by atoms with van der Waals surface area (Å²) in [6.45, 7) is 0.744. The van der Waals surface area contributed by atoms with Crippen LogP contribution in [0.3, 0.4) is 0 Å². The van der Waals surface area contributed by atoms with Crippen LogP contribution in [0, 0.1) is 10.1 Å². The van der Waals surface area contributed by atoms with Gasteiger partial charge in [0, 0.05) is 17.7 Å². The summed E-state index contributed by atoms with van der Waals surface area (Å²) in [5.41, 5.74) is -27.0. The quantitative estimate of drug-likeness (QED) is 0.0476. The molecule has 80 heavy (non-hydrogen) atoms. The Morgan fingerprint density at radius 2 is 0.700 bits per heavy atom. The van der Waals surface area contributed by atoms with Crippen LogP contribution in [-0.4, -0.2) is 16.1 Å². The highest BCUT2D eigenvalue weighted by molar-refractivity contribution is 7.20. The Balaban J connectivity index is 0.000000370. The van der Waals surface area contributed by atoms with Crippen LogP contribution in [0.5, 0.6) is 0 Å². The number of nitro groups is 1. The third kappa shape index (κ3) is 14.3. The average molecular weight is 1170 g/mol. The summed E-state index contributed by atoms with van der Waals surface area (Å²) in [6.07, 6.45) is -48.7. The number of benzene rings is 6. The Morgan fingerprint density at radius 1 is 0.400 bits per heavy atom. The van der Waals surface area contributed by atoms with Crippen LogP contribution < -0.4 is 26.4 Å². The van der Waals surface area contributed by atoms with E-state index < -0.39 is 195 Å². The Kier molecular flexibility index (Phi) is 16.6. The minimum atomic E-state index is -6.13. The molecular formula is C50H28BF24N3O2. The zero-order valence-corrected chi connectivity index (χ0v) is 39.1. The van der Waals surface area contributed by atoms with E-state index in [4.69, 9.17) is 0 Å². The van der Waals surface area contributed by atoms with Gasteiger partial charge in [-0.1, -0.05) is 91.0 Å². The van der Waals surface area contributed by atoms with Crippen LogP contribution in [0.2, 0.25) is 0 Å². The second-order valence-corrected chi connectivity index (χ2v) is 17.5. The predicted molar refractivity (Wildman–Crippen MR) is 236 cm³/mol. The zero-order valence-electron chi connectivity index (χ0n) is 39.1. The average Bonchev–Trinajstić information content (AvgIpc) is 3.34. The van der Waals surface area contributed by atoms with Gasteiger partial charge in [-0.3, -0.25) is 15.1 Å². The molecule has 0 amide bonds. The molecule has 1 heterocycles. The summed E-state index contributed by atoms with van der Waals surface area (Å²) in [4.78, 5) is 14.7. The number of rotatable bonds is 9. The third-order valence-electron chi connectivity index (χ3n) is 12.1. The molecule has 0 saturated carbocycles. The molecule has 0 radical (unpaired) electrons. The van der Waals surface area contributed by atoms with Crippen molar-refractivity contribution in [3.05, 3.63) is 217 Å². The summed E-state index contributed by atoms with van der Waals surface area (Å²) >= 11 is 0. The molecule has 0 aliphatic rings. The van der Waals surface area contributed by atoms with Crippen LogP contribution in [0.25, 0.3) is 0 Å². The molecule has 0 atom stereocenters. The number of halogens is 24. The monoisotopic (exact) mass is 1170 g/mol. The first-order chi connectivity index (χ1) is 36.5. The summed E-state index contributed by atoms with van der Waals surface area (Å²) in [5.74, 6) is 0. The Labute approximate surface area is 432 Å². The smallest absolute Gasteiger partial charge is 0.258 e. The van der Waals surface area contributed by atoms with Gasteiger partial charge in [0.2, 0.25) is 5.69 Å². The lowest BCUT2D eigenvalue weighted by Crippen LogP contribution is -2.75. The van der Waals surface area contributed by atoms with Crippen molar-refractivity contribution in [3.63, 3.8) is 0 Å². The fourth-order valence-corrected chi connectivity index (χ4v) is 8.56. The molecule has 0 aliphatic heterocycles. The van der Waals surface area contributed by atoms with E-state index in [0.29, 0.717) is 6.42 Å². The van der Waals surface area contributed by atoms with Crippen molar-refractivity contribution >= 4 is 33.7 Å². The molecule has 1 aromatic heterocycles. The number of hydrogen-bond acceptors (Lipinski definition) is 3. The molecule has 7 rings (SSSR count). The van der Waals surface area contributed by atoms with Crippen molar-refractivity contribution in [1.29, 1.82) is 0 Å². The number of aromatic nitrogens is 2. The highest BCUT2D eigenvalue weighted by Gasteiger charge is 2.47. The first-order valence-electron chi connectivity index (χ1n) is 21.9. The molecule has 0 spiro atoms. The van der Waals surface area contributed by atoms with E-state index in [9.17, 15) is 115 Å². The van der Waals surface area contributed by atoms with E-state index >= 15 is 0 Å². The van der Waals surface area contributed by atoms with Crippen molar-refractivity contribution in [1.82, 2.24) is 4.98 Å². The van der Waals surface area contributed by atoms with Gasteiger partial charge in [0.15, 0.2) is 12.7 Å². The highest BCUT2D eigenvalue weighted by atomic mass is 19.4. The van der Waals surface area contributed by atoms with Crippen LogP contribution >= 0.6 is 0 Å². The fourth-order valence-electron chi connectivity index (χ4n) is 8.56. The number of nitro benzene ring substituents is 1. The Bertz CT molecular complexity index is 2940. The van der Waals surface area contributed by atoms with E-state index in [0.717, 1.165) is 17.8 Å². The highest BCUT2D eigenvalue weighted by Crippen LogP contribution is 2.41. The lowest BCUT2D eigenvalue weighted by molar-refractivity contribution is -0.695. The molecule has 0 unspecified atom stereocenters. The number of nitrogens with zero attached hydrogens (tertiary/aromatic N) is 3.